The fourth-order valence-electron chi connectivity index (χ4n) is 9.04. The number of hydrogen-bond donors (Lipinski definition) is 0. The Morgan fingerprint density at radius 3 is 1.21 bits per heavy atom. The number of anilines is 3. The van der Waals surface area contributed by atoms with Gasteiger partial charge in [0.15, 0.2) is 0 Å². The molecule has 292 valence electrons. The summed E-state index contributed by atoms with van der Waals surface area (Å²) >= 11 is 0. The van der Waals surface area contributed by atoms with Crippen LogP contribution in [0.25, 0.3) is 83.1 Å². The van der Waals surface area contributed by atoms with Gasteiger partial charge < -0.3 is 9.47 Å². The molecule has 0 atom stereocenters. The van der Waals surface area contributed by atoms with Crippen LogP contribution in [0, 0.1) is 0 Å². The second kappa shape index (κ2) is 16.1. The quantitative estimate of drug-likeness (QED) is 0.141. The number of rotatable bonds is 9. The van der Waals surface area contributed by atoms with Gasteiger partial charge in [-0.05, 0) is 105 Å². The van der Waals surface area contributed by atoms with Crippen LogP contribution in [0.15, 0.2) is 255 Å². The van der Waals surface area contributed by atoms with Crippen LogP contribution in [0.2, 0.25) is 0 Å². The SMILES string of the molecule is c1ccc(-c2ccc(-c3ccc(N(c4ccc(-c5cccc(-n6c7ccccc7c7ccccc76)c5-c5ccccc5)cc4)c4cccc(-c5ccccc5)c4)cc3)cc2)cc1. The van der Waals surface area contributed by atoms with Crippen molar-refractivity contribution in [2.75, 3.05) is 4.90 Å². The molecule has 0 bridgehead atoms. The van der Waals surface area contributed by atoms with E-state index in [1.54, 1.807) is 0 Å². The van der Waals surface area contributed by atoms with E-state index in [9.17, 15) is 0 Å². The predicted molar refractivity (Wildman–Crippen MR) is 263 cm³/mol. The van der Waals surface area contributed by atoms with Gasteiger partial charge in [0.2, 0.25) is 0 Å². The van der Waals surface area contributed by atoms with E-state index in [4.69, 9.17) is 0 Å². The standard InChI is InChI=1S/C60H42N2/c1-4-16-43(17-5-1)45-30-32-46(33-31-45)47-34-38-51(39-35-47)61(53-23-14-22-50(42-53)44-18-6-2-7-19-44)52-40-36-48(37-41-52)54-26-15-29-59(60(54)49-20-8-3-9-21-49)62-57-27-12-10-24-55(57)56-25-11-13-28-58(56)62/h1-42H. The van der Waals surface area contributed by atoms with Gasteiger partial charge in [-0.3, -0.25) is 0 Å². The molecule has 0 amide bonds. The molecule has 1 aromatic heterocycles. The molecule has 2 nitrogen and oxygen atoms in total. The minimum atomic E-state index is 1.08. The van der Waals surface area contributed by atoms with Crippen molar-refractivity contribution in [1.29, 1.82) is 0 Å². The zero-order chi connectivity index (χ0) is 41.2. The Morgan fingerprint density at radius 1 is 0.258 bits per heavy atom. The summed E-state index contributed by atoms with van der Waals surface area (Å²) in [4.78, 5) is 2.37. The summed E-state index contributed by atoms with van der Waals surface area (Å²) in [5.74, 6) is 0. The second-order valence-electron chi connectivity index (χ2n) is 15.7. The van der Waals surface area contributed by atoms with Crippen LogP contribution in [-0.4, -0.2) is 4.57 Å². The van der Waals surface area contributed by atoms with Crippen LogP contribution < -0.4 is 4.90 Å². The van der Waals surface area contributed by atoms with E-state index in [1.165, 1.54) is 71.9 Å². The van der Waals surface area contributed by atoms with Crippen molar-refractivity contribution < 1.29 is 0 Å². The zero-order valence-electron chi connectivity index (χ0n) is 34.1. The largest absolute Gasteiger partial charge is 0.310 e. The molecule has 11 aromatic rings. The van der Waals surface area contributed by atoms with Gasteiger partial charge in [-0.25, -0.2) is 0 Å². The molecule has 0 radical (unpaired) electrons. The molecule has 10 aromatic carbocycles. The van der Waals surface area contributed by atoms with Gasteiger partial charge in [0.25, 0.3) is 0 Å². The van der Waals surface area contributed by atoms with Gasteiger partial charge in [-0.15, -0.1) is 0 Å². The Balaban J connectivity index is 1.01. The number of para-hydroxylation sites is 2. The minimum Gasteiger partial charge on any atom is -0.310 e. The van der Waals surface area contributed by atoms with Crippen LogP contribution in [0.1, 0.15) is 0 Å². The molecule has 0 N–H and O–H groups in total. The van der Waals surface area contributed by atoms with Crippen molar-refractivity contribution in [3.8, 4) is 61.3 Å². The molecule has 0 saturated heterocycles. The van der Waals surface area contributed by atoms with Crippen LogP contribution in [0.3, 0.4) is 0 Å². The zero-order valence-corrected chi connectivity index (χ0v) is 34.1. The smallest absolute Gasteiger partial charge is 0.0546 e. The number of hydrogen-bond acceptors (Lipinski definition) is 1. The number of aromatic nitrogens is 1. The first-order valence-electron chi connectivity index (χ1n) is 21.3. The van der Waals surface area contributed by atoms with Crippen LogP contribution >= 0.6 is 0 Å². The fourth-order valence-corrected chi connectivity index (χ4v) is 9.04. The molecule has 0 saturated carbocycles. The van der Waals surface area contributed by atoms with E-state index in [2.05, 4.69) is 264 Å². The second-order valence-corrected chi connectivity index (χ2v) is 15.7. The summed E-state index contributed by atoms with van der Waals surface area (Å²) < 4.78 is 2.44. The molecule has 0 unspecified atom stereocenters. The molecule has 2 heteroatoms. The summed E-state index contributed by atoms with van der Waals surface area (Å²) in [7, 11) is 0. The molecule has 0 fully saturated rings. The fraction of sp³-hybridized carbons (Fsp3) is 0. The van der Waals surface area contributed by atoms with E-state index in [-0.39, 0.29) is 0 Å². The summed E-state index contributed by atoms with van der Waals surface area (Å²) in [5, 5.41) is 2.50. The Kier molecular flexibility index (Phi) is 9.57. The Bertz CT molecular complexity index is 3240. The van der Waals surface area contributed by atoms with Crippen molar-refractivity contribution in [3.05, 3.63) is 255 Å². The molecule has 0 aliphatic rings. The predicted octanol–water partition coefficient (Wildman–Crippen LogP) is 16.6. The van der Waals surface area contributed by atoms with Crippen LogP contribution in [0.4, 0.5) is 17.1 Å². The highest BCUT2D eigenvalue weighted by Crippen LogP contribution is 2.43. The summed E-state index contributed by atoms with van der Waals surface area (Å²) in [6.45, 7) is 0. The molecule has 1 heterocycles. The van der Waals surface area contributed by atoms with E-state index >= 15 is 0 Å². The van der Waals surface area contributed by atoms with E-state index in [0.717, 1.165) is 28.3 Å². The maximum Gasteiger partial charge on any atom is 0.0546 e. The van der Waals surface area contributed by atoms with Gasteiger partial charge in [0, 0.05) is 33.4 Å². The highest BCUT2D eigenvalue weighted by Gasteiger charge is 2.20. The lowest BCUT2D eigenvalue weighted by atomic mass is 9.92. The lowest BCUT2D eigenvalue weighted by molar-refractivity contribution is 1.18. The molecule has 62 heavy (non-hydrogen) atoms. The maximum atomic E-state index is 2.44. The number of fused-ring (bicyclic) bond motifs is 3. The van der Waals surface area contributed by atoms with Gasteiger partial charge in [0.05, 0.1) is 16.7 Å². The molecular formula is C60H42N2. The third-order valence-corrected chi connectivity index (χ3v) is 12.0. The topological polar surface area (TPSA) is 8.17 Å². The molecule has 11 rings (SSSR count). The van der Waals surface area contributed by atoms with Gasteiger partial charge in [-0.1, -0.05) is 200 Å². The molecular weight excluding hydrogens is 749 g/mol. The lowest BCUT2D eigenvalue weighted by Gasteiger charge is -2.27. The monoisotopic (exact) mass is 790 g/mol. The van der Waals surface area contributed by atoms with Gasteiger partial charge in [0.1, 0.15) is 0 Å². The highest BCUT2D eigenvalue weighted by molar-refractivity contribution is 6.10. The first-order chi connectivity index (χ1) is 30.8. The molecule has 0 aliphatic heterocycles. The third kappa shape index (κ3) is 6.84. The first-order valence-corrected chi connectivity index (χ1v) is 21.3. The van der Waals surface area contributed by atoms with Crippen molar-refractivity contribution in [1.82, 2.24) is 4.57 Å². The normalized spacial score (nSPS) is 11.2. The average Bonchev–Trinajstić information content (AvgIpc) is 3.69. The molecule has 0 spiro atoms. The maximum absolute atomic E-state index is 2.44. The third-order valence-electron chi connectivity index (χ3n) is 12.0. The highest BCUT2D eigenvalue weighted by atomic mass is 15.1. The van der Waals surface area contributed by atoms with Crippen molar-refractivity contribution >= 4 is 38.9 Å². The van der Waals surface area contributed by atoms with Crippen molar-refractivity contribution in [2.24, 2.45) is 0 Å². The van der Waals surface area contributed by atoms with Crippen LogP contribution in [0.5, 0.6) is 0 Å². The minimum absolute atomic E-state index is 1.08. The Labute approximate surface area is 362 Å². The summed E-state index contributed by atoms with van der Waals surface area (Å²) in [5.41, 5.74) is 18.7. The van der Waals surface area contributed by atoms with Crippen LogP contribution in [-0.2, 0) is 0 Å². The van der Waals surface area contributed by atoms with E-state index in [1.807, 2.05) is 0 Å². The molecule has 0 aliphatic carbocycles. The summed E-state index contributed by atoms with van der Waals surface area (Å²) in [6.07, 6.45) is 0. The Hall–Kier alpha value is -8.20. The number of benzene rings is 10. The van der Waals surface area contributed by atoms with Crippen molar-refractivity contribution in [3.63, 3.8) is 0 Å². The van der Waals surface area contributed by atoms with E-state index < -0.39 is 0 Å². The van der Waals surface area contributed by atoms with Gasteiger partial charge >= 0.3 is 0 Å². The average molecular weight is 791 g/mol. The Morgan fingerprint density at radius 2 is 0.661 bits per heavy atom. The van der Waals surface area contributed by atoms with Crippen molar-refractivity contribution in [2.45, 2.75) is 0 Å². The van der Waals surface area contributed by atoms with E-state index in [0.29, 0.717) is 0 Å². The summed E-state index contributed by atoms with van der Waals surface area (Å²) in [6, 6.07) is 92.0. The number of nitrogens with zero attached hydrogens (tertiary/aromatic N) is 2. The van der Waals surface area contributed by atoms with Gasteiger partial charge in [-0.2, -0.15) is 0 Å². The lowest BCUT2D eigenvalue weighted by Crippen LogP contribution is -2.10. The first kappa shape index (κ1) is 36.8.